The van der Waals surface area contributed by atoms with E-state index in [1.54, 1.807) is 12.1 Å². The van der Waals surface area contributed by atoms with E-state index in [2.05, 4.69) is 0 Å². The van der Waals surface area contributed by atoms with Gasteiger partial charge in [0.2, 0.25) is 0 Å². The smallest absolute Gasteiger partial charge is 0.294 e. The van der Waals surface area contributed by atoms with Gasteiger partial charge in [-0.15, -0.1) is 0 Å². The average Bonchev–Trinajstić information content (AvgIpc) is 2.15. The van der Waals surface area contributed by atoms with Crippen LogP contribution < -0.4 is 5.73 Å². The predicted molar refractivity (Wildman–Crippen MR) is 53.5 cm³/mol. The number of nitrogens with two attached hydrogens (primary N) is 1. The first-order chi connectivity index (χ1) is 6.45. The van der Waals surface area contributed by atoms with Crippen molar-refractivity contribution in [1.29, 1.82) is 0 Å². The topological polar surface area (TPSA) is 80.4 Å². The summed E-state index contributed by atoms with van der Waals surface area (Å²) in [6, 6.07) is 5.82. The van der Waals surface area contributed by atoms with Gasteiger partial charge in [-0.2, -0.15) is 8.42 Å². The van der Waals surface area contributed by atoms with Crippen molar-refractivity contribution < 1.29 is 13.0 Å². The zero-order chi connectivity index (χ0) is 10.8. The molecular formula is C9H13NO3S. The van der Waals surface area contributed by atoms with Gasteiger partial charge in [0, 0.05) is 6.04 Å². The molecule has 0 aliphatic heterocycles. The lowest BCUT2D eigenvalue weighted by molar-refractivity contribution is 0.483. The maximum atomic E-state index is 10.7. The number of hydrogen-bond acceptors (Lipinski definition) is 3. The molecular weight excluding hydrogens is 202 g/mol. The van der Waals surface area contributed by atoms with E-state index in [4.69, 9.17) is 10.3 Å². The van der Waals surface area contributed by atoms with Crippen LogP contribution in [0.5, 0.6) is 0 Å². The molecule has 1 unspecified atom stereocenters. The third-order valence-corrected chi connectivity index (χ3v) is 2.91. The molecule has 0 radical (unpaired) electrons. The maximum Gasteiger partial charge on any atom is 0.294 e. The van der Waals surface area contributed by atoms with E-state index < -0.39 is 10.1 Å². The monoisotopic (exact) mass is 215 g/mol. The minimum Gasteiger partial charge on any atom is -0.324 e. The summed E-state index contributed by atoms with van der Waals surface area (Å²) in [5, 5.41) is 0. The first-order valence-electron chi connectivity index (χ1n) is 4.28. The summed E-state index contributed by atoms with van der Waals surface area (Å²) in [7, 11) is -4.09. The van der Waals surface area contributed by atoms with E-state index >= 15 is 0 Å². The molecule has 0 aliphatic carbocycles. The molecule has 0 bridgehead atoms. The summed E-state index contributed by atoms with van der Waals surface area (Å²) in [5.74, 6) is 0. The molecule has 0 amide bonds. The van der Waals surface area contributed by atoms with Crippen molar-refractivity contribution in [2.45, 2.75) is 24.3 Å². The van der Waals surface area contributed by atoms with Gasteiger partial charge in [-0.1, -0.05) is 19.1 Å². The summed E-state index contributed by atoms with van der Waals surface area (Å²) < 4.78 is 30.1. The Morgan fingerprint density at radius 1 is 1.36 bits per heavy atom. The summed E-state index contributed by atoms with van der Waals surface area (Å²) in [6.45, 7) is 1.95. The molecule has 0 aromatic heterocycles. The van der Waals surface area contributed by atoms with Gasteiger partial charge in [0.05, 0.1) is 4.90 Å². The molecule has 1 aromatic rings. The van der Waals surface area contributed by atoms with Crippen molar-refractivity contribution in [1.82, 2.24) is 0 Å². The Bertz CT molecular complexity index is 397. The Kier molecular flexibility index (Phi) is 3.25. The van der Waals surface area contributed by atoms with Crippen LogP contribution in [0.4, 0.5) is 0 Å². The molecule has 14 heavy (non-hydrogen) atoms. The molecule has 0 aliphatic rings. The third kappa shape index (κ3) is 2.54. The fourth-order valence-corrected chi connectivity index (χ4v) is 1.60. The van der Waals surface area contributed by atoms with Gasteiger partial charge in [0.15, 0.2) is 0 Å². The van der Waals surface area contributed by atoms with E-state index in [1.807, 2.05) is 6.92 Å². The van der Waals surface area contributed by atoms with Crippen molar-refractivity contribution in [2.75, 3.05) is 0 Å². The second-order valence-corrected chi connectivity index (χ2v) is 4.48. The fraction of sp³-hybridized carbons (Fsp3) is 0.333. The molecule has 0 saturated heterocycles. The highest BCUT2D eigenvalue weighted by Gasteiger charge is 2.09. The molecule has 3 N–H and O–H groups in total. The molecule has 1 rings (SSSR count). The Morgan fingerprint density at radius 3 is 2.21 bits per heavy atom. The lowest BCUT2D eigenvalue weighted by Gasteiger charge is -2.08. The second kappa shape index (κ2) is 4.08. The van der Waals surface area contributed by atoms with Crippen LogP contribution in [-0.4, -0.2) is 13.0 Å². The van der Waals surface area contributed by atoms with E-state index in [-0.39, 0.29) is 10.9 Å². The standard InChI is InChI=1S/C9H13NO3S/c1-2-9(10)7-3-5-8(6-4-7)14(11,12)13/h3-6,9H,2,10H2,1H3,(H,11,12,13). The molecule has 0 heterocycles. The van der Waals surface area contributed by atoms with Crippen molar-refractivity contribution in [3.8, 4) is 0 Å². The zero-order valence-corrected chi connectivity index (χ0v) is 8.66. The van der Waals surface area contributed by atoms with Crippen LogP contribution in [0, 0.1) is 0 Å². The molecule has 4 nitrogen and oxygen atoms in total. The first kappa shape index (κ1) is 11.2. The molecule has 0 saturated carbocycles. The normalized spacial score (nSPS) is 13.9. The third-order valence-electron chi connectivity index (χ3n) is 2.05. The summed E-state index contributed by atoms with van der Waals surface area (Å²) >= 11 is 0. The second-order valence-electron chi connectivity index (χ2n) is 3.06. The lowest BCUT2D eigenvalue weighted by atomic mass is 10.1. The Morgan fingerprint density at radius 2 is 1.86 bits per heavy atom. The van der Waals surface area contributed by atoms with Crippen LogP contribution in [0.25, 0.3) is 0 Å². The molecule has 0 spiro atoms. The highest BCUT2D eigenvalue weighted by Crippen LogP contribution is 2.16. The van der Waals surface area contributed by atoms with Crippen molar-refractivity contribution >= 4 is 10.1 Å². The largest absolute Gasteiger partial charge is 0.324 e. The van der Waals surface area contributed by atoms with Crippen molar-refractivity contribution in [3.05, 3.63) is 29.8 Å². The van der Waals surface area contributed by atoms with Crippen LogP contribution in [0.15, 0.2) is 29.2 Å². The molecule has 78 valence electrons. The Balaban J connectivity index is 3.01. The summed E-state index contributed by atoms with van der Waals surface area (Å²) in [5.41, 5.74) is 6.60. The van der Waals surface area contributed by atoms with Crippen molar-refractivity contribution in [3.63, 3.8) is 0 Å². The molecule has 1 aromatic carbocycles. The highest BCUT2D eigenvalue weighted by atomic mass is 32.2. The number of hydrogen-bond donors (Lipinski definition) is 2. The Labute approximate surface area is 83.5 Å². The zero-order valence-electron chi connectivity index (χ0n) is 7.84. The van der Waals surface area contributed by atoms with Crippen LogP contribution in [0.1, 0.15) is 24.9 Å². The minimum atomic E-state index is -4.09. The van der Waals surface area contributed by atoms with E-state index in [1.165, 1.54) is 12.1 Å². The van der Waals surface area contributed by atoms with Gasteiger partial charge in [-0.25, -0.2) is 0 Å². The fourth-order valence-electron chi connectivity index (χ4n) is 1.12. The van der Waals surface area contributed by atoms with E-state index in [0.717, 1.165) is 12.0 Å². The summed E-state index contributed by atoms with van der Waals surface area (Å²) in [6.07, 6.45) is 0.783. The van der Waals surface area contributed by atoms with Crippen molar-refractivity contribution in [2.24, 2.45) is 5.73 Å². The van der Waals surface area contributed by atoms with E-state index in [0.29, 0.717) is 0 Å². The van der Waals surface area contributed by atoms with Gasteiger partial charge in [-0.3, -0.25) is 4.55 Å². The van der Waals surface area contributed by atoms with Gasteiger partial charge in [-0.05, 0) is 24.1 Å². The van der Waals surface area contributed by atoms with Crippen LogP contribution in [0.3, 0.4) is 0 Å². The SMILES string of the molecule is CCC(N)c1ccc(S(=O)(=O)O)cc1. The lowest BCUT2D eigenvalue weighted by Crippen LogP contribution is -2.08. The van der Waals surface area contributed by atoms with Crippen LogP contribution in [0.2, 0.25) is 0 Å². The molecule has 5 heteroatoms. The molecule has 1 atom stereocenters. The average molecular weight is 215 g/mol. The number of benzene rings is 1. The highest BCUT2D eigenvalue weighted by molar-refractivity contribution is 7.85. The summed E-state index contributed by atoms with van der Waals surface area (Å²) in [4.78, 5) is -0.107. The van der Waals surface area contributed by atoms with E-state index in [9.17, 15) is 8.42 Å². The quantitative estimate of drug-likeness (QED) is 0.746. The van der Waals surface area contributed by atoms with Gasteiger partial charge in [0.1, 0.15) is 0 Å². The predicted octanol–water partition coefficient (Wildman–Crippen LogP) is 1.34. The number of rotatable bonds is 3. The van der Waals surface area contributed by atoms with Gasteiger partial charge < -0.3 is 5.73 Å². The minimum absolute atomic E-state index is 0.0922. The van der Waals surface area contributed by atoms with Gasteiger partial charge >= 0.3 is 0 Å². The van der Waals surface area contributed by atoms with Crippen LogP contribution >= 0.6 is 0 Å². The molecule has 0 fully saturated rings. The maximum absolute atomic E-state index is 10.7. The van der Waals surface area contributed by atoms with Gasteiger partial charge in [0.25, 0.3) is 10.1 Å². The Hall–Kier alpha value is -0.910. The first-order valence-corrected chi connectivity index (χ1v) is 5.72. The van der Waals surface area contributed by atoms with Crippen LogP contribution in [-0.2, 0) is 10.1 Å².